The van der Waals surface area contributed by atoms with E-state index in [4.69, 9.17) is 0 Å². The Kier molecular flexibility index (Phi) is 2.51. The Hall–Kier alpha value is -0.130. The first-order chi connectivity index (χ1) is 5.00. The number of sulfonamides is 1. The molecule has 1 rings (SSSR count). The minimum Gasteiger partial charge on any atom is -0.312 e. The third-order valence-corrected chi connectivity index (χ3v) is 3.07. The van der Waals surface area contributed by atoms with Gasteiger partial charge in [-0.1, -0.05) is 0 Å². The van der Waals surface area contributed by atoms with Crippen LogP contribution in [-0.4, -0.2) is 44.7 Å². The summed E-state index contributed by atoms with van der Waals surface area (Å²) in [5, 5.41) is 3.18. The summed E-state index contributed by atoms with van der Waals surface area (Å²) in [6.45, 7) is 3.94. The van der Waals surface area contributed by atoms with E-state index in [1.807, 2.05) is 6.92 Å². The van der Waals surface area contributed by atoms with Crippen molar-refractivity contribution in [1.82, 2.24) is 9.62 Å². The molecule has 0 aromatic carbocycles. The number of piperazine rings is 1. The summed E-state index contributed by atoms with van der Waals surface area (Å²) in [5.41, 5.74) is 0. The number of nitrogens with one attached hydrogen (secondary N) is 1. The lowest BCUT2D eigenvalue weighted by molar-refractivity contribution is 0.312. The average Bonchev–Trinajstić information content (AvgIpc) is 1.86. The van der Waals surface area contributed by atoms with Gasteiger partial charge in [-0.05, 0) is 6.92 Å². The van der Waals surface area contributed by atoms with Crippen molar-refractivity contribution in [2.24, 2.45) is 0 Å². The maximum absolute atomic E-state index is 11.0. The Bertz CT molecular complexity index is 225. The number of rotatable bonds is 1. The second-order valence-corrected chi connectivity index (χ2v) is 4.96. The molecule has 1 N–H and O–H groups in total. The fraction of sp³-hybridized carbons (Fsp3) is 1.00. The monoisotopic (exact) mass is 178 g/mol. The maximum atomic E-state index is 11.0. The van der Waals surface area contributed by atoms with Gasteiger partial charge in [0.1, 0.15) is 0 Å². The van der Waals surface area contributed by atoms with E-state index in [1.54, 1.807) is 0 Å². The summed E-state index contributed by atoms with van der Waals surface area (Å²) in [6, 6.07) is 0.276. The Labute approximate surface area is 67.6 Å². The van der Waals surface area contributed by atoms with Gasteiger partial charge >= 0.3 is 0 Å². The molecule has 66 valence electrons. The fourth-order valence-corrected chi connectivity index (χ4v) is 2.12. The molecule has 0 spiro atoms. The molecule has 0 saturated carbocycles. The quantitative estimate of drug-likeness (QED) is 0.574. The van der Waals surface area contributed by atoms with Gasteiger partial charge in [0.2, 0.25) is 10.0 Å². The van der Waals surface area contributed by atoms with Crippen molar-refractivity contribution < 1.29 is 8.42 Å². The van der Waals surface area contributed by atoms with E-state index in [0.717, 1.165) is 6.54 Å². The fourth-order valence-electron chi connectivity index (χ4n) is 1.20. The van der Waals surface area contributed by atoms with Crippen molar-refractivity contribution in [1.29, 1.82) is 0 Å². The molecule has 0 amide bonds. The molecule has 1 atom stereocenters. The largest absolute Gasteiger partial charge is 0.312 e. The standard InChI is InChI=1S/C6H14N2O2S/c1-6-5-8(4-3-7-6)11(2,9)10/h6-7H,3-5H2,1-2H3. The summed E-state index contributed by atoms with van der Waals surface area (Å²) in [4.78, 5) is 0. The van der Waals surface area contributed by atoms with Gasteiger partial charge in [0.05, 0.1) is 6.26 Å². The highest BCUT2D eigenvalue weighted by Gasteiger charge is 2.22. The summed E-state index contributed by atoms with van der Waals surface area (Å²) in [6.07, 6.45) is 1.26. The summed E-state index contributed by atoms with van der Waals surface area (Å²) in [7, 11) is -2.97. The maximum Gasteiger partial charge on any atom is 0.211 e. The highest BCUT2D eigenvalue weighted by atomic mass is 32.2. The highest BCUT2D eigenvalue weighted by molar-refractivity contribution is 7.88. The second kappa shape index (κ2) is 3.08. The molecule has 1 fully saturated rings. The molecule has 0 aliphatic carbocycles. The van der Waals surface area contributed by atoms with Gasteiger partial charge in [0.25, 0.3) is 0 Å². The number of hydrogen-bond donors (Lipinski definition) is 1. The van der Waals surface area contributed by atoms with Crippen molar-refractivity contribution in [3.8, 4) is 0 Å². The van der Waals surface area contributed by atoms with Gasteiger partial charge in [0.15, 0.2) is 0 Å². The summed E-state index contributed by atoms with van der Waals surface area (Å²) >= 11 is 0. The van der Waals surface area contributed by atoms with Crippen LogP contribution < -0.4 is 5.32 Å². The Morgan fingerprint density at radius 2 is 2.18 bits per heavy atom. The van der Waals surface area contributed by atoms with E-state index >= 15 is 0 Å². The van der Waals surface area contributed by atoms with Gasteiger partial charge in [0, 0.05) is 25.7 Å². The van der Waals surface area contributed by atoms with Gasteiger partial charge < -0.3 is 5.32 Å². The molecule has 1 heterocycles. The van der Waals surface area contributed by atoms with E-state index in [2.05, 4.69) is 5.32 Å². The van der Waals surface area contributed by atoms with E-state index in [0.29, 0.717) is 13.1 Å². The van der Waals surface area contributed by atoms with Crippen LogP contribution in [0.5, 0.6) is 0 Å². The third kappa shape index (κ3) is 2.43. The normalized spacial score (nSPS) is 28.7. The molecule has 4 nitrogen and oxygen atoms in total. The zero-order valence-electron chi connectivity index (χ0n) is 6.87. The van der Waals surface area contributed by atoms with Gasteiger partial charge in [-0.3, -0.25) is 0 Å². The van der Waals surface area contributed by atoms with Crippen LogP contribution in [0.2, 0.25) is 0 Å². The van der Waals surface area contributed by atoms with E-state index < -0.39 is 10.0 Å². The molecule has 0 aromatic heterocycles. The van der Waals surface area contributed by atoms with Crippen molar-refractivity contribution >= 4 is 10.0 Å². The lowest BCUT2D eigenvalue weighted by Gasteiger charge is -2.29. The van der Waals surface area contributed by atoms with Crippen LogP contribution >= 0.6 is 0 Å². The number of hydrogen-bond acceptors (Lipinski definition) is 3. The summed E-state index contributed by atoms with van der Waals surface area (Å²) < 4.78 is 23.6. The predicted molar refractivity (Wildman–Crippen MR) is 43.9 cm³/mol. The Balaban J connectivity index is 2.60. The molecular formula is C6H14N2O2S. The van der Waals surface area contributed by atoms with Gasteiger partial charge in [-0.15, -0.1) is 0 Å². The van der Waals surface area contributed by atoms with E-state index in [1.165, 1.54) is 10.6 Å². The van der Waals surface area contributed by atoms with Crippen LogP contribution in [0, 0.1) is 0 Å². The first-order valence-electron chi connectivity index (χ1n) is 3.68. The third-order valence-electron chi connectivity index (χ3n) is 1.80. The second-order valence-electron chi connectivity index (χ2n) is 2.98. The van der Waals surface area contributed by atoms with Crippen LogP contribution in [0.3, 0.4) is 0 Å². The average molecular weight is 178 g/mol. The van der Waals surface area contributed by atoms with Gasteiger partial charge in [-0.25, -0.2) is 8.42 Å². The van der Waals surface area contributed by atoms with E-state index in [-0.39, 0.29) is 6.04 Å². The molecule has 0 bridgehead atoms. The van der Waals surface area contributed by atoms with Crippen molar-refractivity contribution in [2.45, 2.75) is 13.0 Å². The minimum atomic E-state index is -2.97. The first kappa shape index (κ1) is 8.96. The van der Waals surface area contributed by atoms with Crippen LogP contribution in [0.15, 0.2) is 0 Å². The van der Waals surface area contributed by atoms with Crippen LogP contribution in [-0.2, 0) is 10.0 Å². The molecule has 5 heteroatoms. The first-order valence-corrected chi connectivity index (χ1v) is 5.53. The van der Waals surface area contributed by atoms with Gasteiger partial charge in [-0.2, -0.15) is 4.31 Å². The smallest absolute Gasteiger partial charge is 0.211 e. The lowest BCUT2D eigenvalue weighted by atomic mass is 10.3. The topological polar surface area (TPSA) is 49.4 Å². The van der Waals surface area contributed by atoms with Crippen molar-refractivity contribution in [3.63, 3.8) is 0 Å². The zero-order chi connectivity index (χ0) is 8.48. The predicted octanol–water partition coefficient (Wildman–Crippen LogP) is -0.760. The minimum absolute atomic E-state index is 0.276. The lowest BCUT2D eigenvalue weighted by Crippen LogP contribution is -2.50. The Morgan fingerprint density at radius 1 is 1.55 bits per heavy atom. The van der Waals surface area contributed by atoms with E-state index in [9.17, 15) is 8.42 Å². The van der Waals surface area contributed by atoms with Crippen LogP contribution in [0.1, 0.15) is 6.92 Å². The molecule has 11 heavy (non-hydrogen) atoms. The molecule has 1 aliphatic heterocycles. The molecule has 1 unspecified atom stereocenters. The molecule has 0 radical (unpaired) electrons. The molecular weight excluding hydrogens is 164 g/mol. The summed E-state index contributed by atoms with van der Waals surface area (Å²) in [5.74, 6) is 0. The van der Waals surface area contributed by atoms with Crippen LogP contribution in [0.4, 0.5) is 0 Å². The van der Waals surface area contributed by atoms with Crippen molar-refractivity contribution in [3.05, 3.63) is 0 Å². The SMILES string of the molecule is CC1CN(S(C)(=O)=O)CCN1. The molecule has 1 aliphatic rings. The Morgan fingerprint density at radius 3 is 2.55 bits per heavy atom. The highest BCUT2D eigenvalue weighted by Crippen LogP contribution is 2.02. The number of nitrogens with zero attached hydrogens (tertiary/aromatic N) is 1. The molecule has 1 saturated heterocycles. The zero-order valence-corrected chi connectivity index (χ0v) is 7.69. The molecule has 0 aromatic rings. The van der Waals surface area contributed by atoms with Crippen molar-refractivity contribution in [2.75, 3.05) is 25.9 Å². The van der Waals surface area contributed by atoms with Crippen LogP contribution in [0.25, 0.3) is 0 Å².